The van der Waals surface area contributed by atoms with Crippen LogP contribution in [-0.2, 0) is 21.7 Å². The van der Waals surface area contributed by atoms with Gasteiger partial charge in [-0.15, -0.1) is 0 Å². The summed E-state index contributed by atoms with van der Waals surface area (Å²) in [6.07, 6.45) is 10.5. The van der Waals surface area contributed by atoms with Crippen LogP contribution < -0.4 is 9.80 Å². The van der Waals surface area contributed by atoms with E-state index in [4.69, 9.17) is 10.2 Å². The summed E-state index contributed by atoms with van der Waals surface area (Å²) in [5, 5.41) is 29.5. The number of carbonyl (C=O) groups is 3. The second-order valence-corrected chi connectivity index (χ2v) is 22.7. The molecule has 1 atom stereocenters. The van der Waals surface area contributed by atoms with E-state index in [0.29, 0.717) is 5.56 Å². The number of carboxylic acids is 2. The van der Waals surface area contributed by atoms with Gasteiger partial charge in [0.2, 0.25) is 0 Å². The minimum absolute atomic E-state index is 0.00368. The molecule has 0 radical (unpaired) electrons. The molecule has 0 aromatic heterocycles. The Morgan fingerprint density at radius 2 is 0.875 bits per heavy atom. The number of carbonyl (C=O) groups excluding carboxylic acids is 1. The average Bonchev–Trinajstić information content (AvgIpc) is 3.35. The highest BCUT2D eigenvalue weighted by atomic mass is 16.4. The highest BCUT2D eigenvalue weighted by Gasteiger charge is 2.41. The second-order valence-electron chi connectivity index (χ2n) is 22.7. The Hall–Kier alpha value is -7.03. The normalized spacial score (nSPS) is 16.5. The van der Waals surface area contributed by atoms with Gasteiger partial charge in [-0.2, -0.15) is 0 Å². The predicted molar refractivity (Wildman–Crippen MR) is 297 cm³/mol. The van der Waals surface area contributed by atoms with Crippen LogP contribution in [0.25, 0.3) is 34.4 Å². The number of allylic oxidation sites excluding steroid dienone is 1. The van der Waals surface area contributed by atoms with Crippen LogP contribution in [-0.4, -0.2) is 61.2 Å². The summed E-state index contributed by atoms with van der Waals surface area (Å²) in [6, 6.07) is 38.8. The number of benzene rings is 6. The van der Waals surface area contributed by atoms with Crippen LogP contribution >= 0.6 is 0 Å². The quantitative estimate of drug-likeness (QED) is 0.0820. The number of anilines is 2. The van der Waals surface area contributed by atoms with E-state index in [1.54, 1.807) is 66.8 Å². The number of rotatable bonds is 12. The van der Waals surface area contributed by atoms with Gasteiger partial charge in [-0.1, -0.05) is 128 Å². The number of nitrogens with zero attached hydrogens (tertiary/aromatic N) is 2. The summed E-state index contributed by atoms with van der Waals surface area (Å²) >= 11 is 0. The smallest absolute Gasteiger partial charge is 0.335 e. The standard InChI is InChI=1S/C32H37NO3.C32H35NO3/c2*1-31(2)17-18-32(3,4)29-26(22-12-14-25(15-13-22)33(5)6)19-24(20-27(29)31)28(34)16-9-21-7-10-23(11-8-21)30(35)36/h7-16,19-20,28,34H,17-18H2,1-6H3,(H,35,36);7-16,19-20H,17-18H2,1-6H3,(H,35,36)/b2*16-9+. The fourth-order valence-electron chi connectivity index (χ4n) is 10.3. The minimum Gasteiger partial charge on any atom is -0.478 e. The summed E-state index contributed by atoms with van der Waals surface area (Å²) in [5.74, 6) is -1.98. The maximum atomic E-state index is 13.4. The van der Waals surface area contributed by atoms with E-state index >= 15 is 0 Å². The third-order valence-electron chi connectivity index (χ3n) is 15.1. The summed E-state index contributed by atoms with van der Waals surface area (Å²) in [7, 11) is 8.15. The largest absolute Gasteiger partial charge is 0.478 e. The Bertz CT molecular complexity index is 3020. The Kier molecular flexibility index (Phi) is 15.1. The van der Waals surface area contributed by atoms with E-state index in [-0.39, 0.29) is 38.6 Å². The fraction of sp³-hybridized carbons (Fsp3) is 0.328. The lowest BCUT2D eigenvalue weighted by atomic mass is 9.61. The second kappa shape index (κ2) is 20.6. The van der Waals surface area contributed by atoms with Gasteiger partial charge in [-0.05, 0) is 181 Å². The maximum absolute atomic E-state index is 13.4. The molecule has 1 unspecified atom stereocenters. The average molecular weight is 965 g/mol. The molecule has 0 saturated carbocycles. The number of hydrogen-bond donors (Lipinski definition) is 3. The van der Waals surface area contributed by atoms with Gasteiger partial charge in [0.1, 0.15) is 0 Å². The van der Waals surface area contributed by atoms with Crippen molar-refractivity contribution in [2.75, 3.05) is 38.0 Å². The molecule has 8 nitrogen and oxygen atoms in total. The number of aliphatic hydroxyl groups is 1. The molecule has 6 aromatic carbocycles. The van der Waals surface area contributed by atoms with Gasteiger partial charge in [0.25, 0.3) is 0 Å². The number of carboxylic acid groups (broad SMARTS) is 2. The lowest BCUT2D eigenvalue weighted by molar-refractivity contribution is 0.0686. The van der Waals surface area contributed by atoms with Gasteiger partial charge in [-0.3, -0.25) is 4.79 Å². The molecule has 0 fully saturated rings. The molecule has 0 aliphatic heterocycles. The van der Waals surface area contributed by atoms with Crippen molar-refractivity contribution in [1.82, 2.24) is 0 Å². The van der Waals surface area contributed by atoms with Gasteiger partial charge in [0.05, 0.1) is 17.2 Å². The first-order chi connectivity index (χ1) is 33.8. The zero-order chi connectivity index (χ0) is 52.5. The first-order valence-electron chi connectivity index (χ1n) is 25.0. The summed E-state index contributed by atoms with van der Waals surface area (Å²) in [4.78, 5) is 39.8. The Morgan fingerprint density at radius 1 is 0.486 bits per heavy atom. The molecule has 8 heteroatoms. The van der Waals surface area contributed by atoms with Crippen molar-refractivity contribution in [3.8, 4) is 22.3 Å². The molecule has 374 valence electrons. The molecule has 0 amide bonds. The van der Waals surface area contributed by atoms with Crippen molar-refractivity contribution in [2.24, 2.45) is 0 Å². The van der Waals surface area contributed by atoms with E-state index in [2.05, 4.69) is 132 Å². The van der Waals surface area contributed by atoms with E-state index in [1.807, 2.05) is 40.3 Å². The van der Waals surface area contributed by atoms with Gasteiger partial charge >= 0.3 is 11.9 Å². The molecular formula is C64H72N2O6. The Balaban J connectivity index is 0.000000211. The SMILES string of the molecule is CN(C)c1ccc(-c2cc(C(=O)/C=C/c3ccc(C(=O)O)cc3)cc3c2C(C)(C)CCC3(C)C)cc1.CN(C)c1ccc(-c2cc(C(O)/C=C/c3ccc(C(=O)O)cc3)cc3c2C(C)(C)CCC3(C)C)cc1. The molecular weight excluding hydrogens is 893 g/mol. The lowest BCUT2D eigenvalue weighted by Crippen LogP contribution is -2.34. The van der Waals surface area contributed by atoms with Crippen molar-refractivity contribution in [1.29, 1.82) is 0 Å². The molecule has 2 aliphatic rings. The van der Waals surface area contributed by atoms with Crippen molar-refractivity contribution in [3.05, 3.63) is 189 Å². The van der Waals surface area contributed by atoms with Gasteiger partial charge < -0.3 is 25.1 Å². The predicted octanol–water partition coefficient (Wildman–Crippen LogP) is 14.6. The number of fused-ring (bicyclic) bond motifs is 2. The number of ketones is 1. The maximum Gasteiger partial charge on any atom is 0.335 e. The zero-order valence-electron chi connectivity index (χ0n) is 44.2. The van der Waals surface area contributed by atoms with Crippen LogP contribution in [0.2, 0.25) is 0 Å². The van der Waals surface area contributed by atoms with Crippen LogP contribution in [0.15, 0.2) is 133 Å². The Labute approximate surface area is 427 Å². The van der Waals surface area contributed by atoms with Crippen molar-refractivity contribution < 1.29 is 29.7 Å². The first-order valence-corrected chi connectivity index (χ1v) is 25.0. The molecule has 0 spiro atoms. The number of aliphatic hydroxyl groups excluding tert-OH is 1. The molecule has 72 heavy (non-hydrogen) atoms. The van der Waals surface area contributed by atoms with Crippen molar-refractivity contribution >= 4 is 41.2 Å². The molecule has 2 aliphatic carbocycles. The van der Waals surface area contributed by atoms with Gasteiger partial charge in [-0.25, -0.2) is 9.59 Å². The van der Waals surface area contributed by atoms with Crippen molar-refractivity contribution in [2.45, 2.75) is 109 Å². The minimum atomic E-state index is -0.965. The molecule has 3 N–H and O–H groups in total. The van der Waals surface area contributed by atoms with E-state index < -0.39 is 18.0 Å². The van der Waals surface area contributed by atoms with Crippen LogP contribution in [0.1, 0.15) is 157 Å². The molecule has 0 saturated heterocycles. The summed E-state index contributed by atoms with van der Waals surface area (Å²) < 4.78 is 0. The summed E-state index contributed by atoms with van der Waals surface area (Å²) in [6.45, 7) is 18.4. The highest BCUT2D eigenvalue weighted by Crippen LogP contribution is 2.52. The fourth-order valence-corrected chi connectivity index (χ4v) is 10.3. The van der Waals surface area contributed by atoms with Gasteiger partial charge in [0.15, 0.2) is 5.78 Å². The van der Waals surface area contributed by atoms with Crippen LogP contribution in [0, 0.1) is 0 Å². The van der Waals surface area contributed by atoms with Crippen molar-refractivity contribution in [3.63, 3.8) is 0 Å². The highest BCUT2D eigenvalue weighted by molar-refractivity contribution is 6.08. The Morgan fingerprint density at radius 3 is 1.29 bits per heavy atom. The van der Waals surface area contributed by atoms with Crippen LogP contribution in [0.5, 0.6) is 0 Å². The summed E-state index contributed by atoms with van der Waals surface area (Å²) in [5.41, 5.74) is 15.8. The first kappa shape index (κ1) is 52.8. The van der Waals surface area contributed by atoms with E-state index in [1.165, 1.54) is 27.8 Å². The van der Waals surface area contributed by atoms with E-state index in [0.717, 1.165) is 70.4 Å². The zero-order valence-corrected chi connectivity index (χ0v) is 44.2. The molecule has 0 heterocycles. The number of hydrogen-bond acceptors (Lipinski definition) is 6. The third kappa shape index (κ3) is 11.5. The molecule has 6 aromatic rings. The molecule has 0 bridgehead atoms. The van der Waals surface area contributed by atoms with E-state index in [9.17, 15) is 19.5 Å². The third-order valence-corrected chi connectivity index (χ3v) is 15.1. The lowest BCUT2D eigenvalue weighted by Gasteiger charge is -2.43. The van der Waals surface area contributed by atoms with Crippen LogP contribution in [0.3, 0.4) is 0 Å². The van der Waals surface area contributed by atoms with Crippen LogP contribution in [0.4, 0.5) is 11.4 Å². The molecule has 8 rings (SSSR count). The van der Waals surface area contributed by atoms with Gasteiger partial charge in [0, 0.05) is 45.1 Å². The topological polar surface area (TPSA) is 118 Å². The number of aromatic carboxylic acids is 2. The monoisotopic (exact) mass is 965 g/mol.